The van der Waals surface area contributed by atoms with E-state index in [2.05, 4.69) is 0 Å². The fraction of sp³-hybridized carbons (Fsp3) is 0.150. The number of nitriles is 2. The van der Waals surface area contributed by atoms with Crippen molar-refractivity contribution in [2.24, 2.45) is 0 Å². The maximum Gasteiger partial charge on any atom is 0.273 e. The molecular weight excluding hydrogens is 362 g/mol. The first-order chi connectivity index (χ1) is 12.6. The summed E-state index contributed by atoms with van der Waals surface area (Å²) < 4.78 is 2.39. The van der Waals surface area contributed by atoms with Crippen LogP contribution >= 0.6 is 22.7 Å². The monoisotopic (exact) mass is 377 g/mol. The molecule has 26 heavy (non-hydrogen) atoms. The molecule has 0 aliphatic heterocycles. The number of aromatic nitrogens is 1. The van der Waals surface area contributed by atoms with Crippen molar-refractivity contribution in [3.8, 4) is 17.8 Å². The second-order valence-electron chi connectivity index (χ2n) is 5.61. The van der Waals surface area contributed by atoms with E-state index in [0.717, 1.165) is 28.1 Å². The SMILES string of the molecule is CCc1ccccc1-n1c(=C(C#N)C#N)s/c(=C/c2sccc2C)c1=O. The van der Waals surface area contributed by atoms with Crippen molar-refractivity contribution in [3.63, 3.8) is 0 Å². The second-order valence-corrected chi connectivity index (χ2v) is 7.58. The third-order valence-corrected chi connectivity index (χ3v) is 6.10. The molecule has 3 aromatic rings. The largest absolute Gasteiger partial charge is 0.273 e. The maximum absolute atomic E-state index is 13.1. The molecule has 0 fully saturated rings. The average molecular weight is 377 g/mol. The molecule has 3 rings (SSSR count). The molecule has 0 atom stereocenters. The Balaban J connectivity index is 2.46. The minimum Gasteiger partial charge on any atom is -0.267 e. The molecule has 4 nitrogen and oxygen atoms in total. The highest BCUT2D eigenvalue weighted by molar-refractivity contribution is 7.11. The van der Waals surface area contributed by atoms with Crippen LogP contribution in [0.4, 0.5) is 0 Å². The molecule has 0 bridgehead atoms. The summed E-state index contributed by atoms with van der Waals surface area (Å²) in [6.45, 7) is 4.00. The van der Waals surface area contributed by atoms with Gasteiger partial charge in [-0.25, -0.2) is 0 Å². The van der Waals surface area contributed by atoms with Crippen molar-refractivity contribution in [1.29, 1.82) is 10.5 Å². The molecule has 0 radical (unpaired) electrons. The summed E-state index contributed by atoms with van der Waals surface area (Å²) in [4.78, 5) is 14.1. The lowest BCUT2D eigenvalue weighted by Crippen LogP contribution is -2.31. The molecular formula is C20H15N3OS2. The number of hydrogen-bond donors (Lipinski definition) is 0. The molecule has 0 spiro atoms. The minimum atomic E-state index is -0.207. The van der Waals surface area contributed by atoms with E-state index in [-0.39, 0.29) is 11.1 Å². The Morgan fingerprint density at radius 3 is 2.58 bits per heavy atom. The first-order valence-electron chi connectivity index (χ1n) is 8.01. The van der Waals surface area contributed by atoms with Gasteiger partial charge in [-0.3, -0.25) is 9.36 Å². The second kappa shape index (κ2) is 7.53. The van der Waals surface area contributed by atoms with Crippen LogP contribution in [0.15, 0.2) is 40.5 Å². The number of nitrogens with zero attached hydrogens (tertiary/aromatic N) is 3. The van der Waals surface area contributed by atoms with Gasteiger partial charge in [0.05, 0.1) is 10.2 Å². The molecule has 0 aliphatic rings. The van der Waals surface area contributed by atoms with Crippen LogP contribution in [0, 0.1) is 29.6 Å². The summed E-state index contributed by atoms with van der Waals surface area (Å²) in [5, 5.41) is 20.7. The summed E-state index contributed by atoms with van der Waals surface area (Å²) in [7, 11) is 0. The highest BCUT2D eigenvalue weighted by atomic mass is 32.1. The topological polar surface area (TPSA) is 69.6 Å². The van der Waals surface area contributed by atoms with Gasteiger partial charge < -0.3 is 0 Å². The standard InChI is InChI=1S/C20H15N3OS2/c1-3-14-6-4-5-7-16(14)23-19(24)18(10-17-13(2)8-9-25-17)26-20(23)15(11-21)12-22/h4-10H,3H2,1-2H3/b18-10+. The van der Waals surface area contributed by atoms with Gasteiger partial charge in [-0.05, 0) is 48.1 Å². The van der Waals surface area contributed by atoms with E-state index in [0.29, 0.717) is 9.20 Å². The van der Waals surface area contributed by atoms with Crippen molar-refractivity contribution < 1.29 is 0 Å². The molecule has 0 amide bonds. The number of hydrogen-bond acceptors (Lipinski definition) is 5. The summed E-state index contributed by atoms with van der Waals surface area (Å²) in [6.07, 6.45) is 2.59. The van der Waals surface area contributed by atoms with Gasteiger partial charge in [0, 0.05) is 4.88 Å². The smallest absolute Gasteiger partial charge is 0.267 e. The van der Waals surface area contributed by atoms with E-state index < -0.39 is 0 Å². The zero-order chi connectivity index (χ0) is 18.7. The molecule has 128 valence electrons. The van der Waals surface area contributed by atoms with Crippen LogP contribution < -0.4 is 14.8 Å². The van der Waals surface area contributed by atoms with Gasteiger partial charge in [0.2, 0.25) is 0 Å². The van der Waals surface area contributed by atoms with Crippen molar-refractivity contribution >= 4 is 34.3 Å². The van der Waals surface area contributed by atoms with Crippen molar-refractivity contribution in [2.45, 2.75) is 20.3 Å². The number of aryl methyl sites for hydroxylation is 2. The van der Waals surface area contributed by atoms with Gasteiger partial charge in [-0.1, -0.05) is 25.1 Å². The molecule has 2 heterocycles. The number of rotatable bonds is 3. The molecule has 0 N–H and O–H groups in total. The van der Waals surface area contributed by atoms with E-state index in [1.807, 2.05) is 67.8 Å². The lowest BCUT2D eigenvalue weighted by molar-refractivity contribution is 0.953. The van der Waals surface area contributed by atoms with E-state index in [1.165, 1.54) is 15.9 Å². The Bertz CT molecular complexity index is 1210. The van der Waals surface area contributed by atoms with Crippen LogP contribution in [0.5, 0.6) is 0 Å². The van der Waals surface area contributed by atoms with Crippen LogP contribution in [0.1, 0.15) is 22.9 Å². The number of thiazole rings is 1. The average Bonchev–Trinajstić information content (AvgIpc) is 3.20. The summed E-state index contributed by atoms with van der Waals surface area (Å²) in [5.41, 5.74) is 2.54. The molecule has 0 aliphatic carbocycles. The molecule has 0 unspecified atom stereocenters. The molecule has 0 saturated carbocycles. The van der Waals surface area contributed by atoms with Crippen LogP contribution in [0.2, 0.25) is 0 Å². The van der Waals surface area contributed by atoms with Crippen LogP contribution in [-0.2, 0) is 6.42 Å². The first-order valence-corrected chi connectivity index (χ1v) is 9.70. The van der Waals surface area contributed by atoms with E-state index in [1.54, 1.807) is 11.3 Å². The van der Waals surface area contributed by atoms with E-state index in [9.17, 15) is 15.3 Å². The first kappa shape index (κ1) is 17.9. The van der Waals surface area contributed by atoms with Crippen molar-refractivity contribution in [3.05, 3.63) is 71.3 Å². The van der Waals surface area contributed by atoms with Crippen LogP contribution in [-0.4, -0.2) is 4.57 Å². The van der Waals surface area contributed by atoms with Gasteiger partial charge in [0.15, 0.2) is 5.57 Å². The van der Waals surface area contributed by atoms with Crippen LogP contribution in [0.3, 0.4) is 0 Å². The normalized spacial score (nSPS) is 11.2. The van der Waals surface area contributed by atoms with Crippen LogP contribution in [0.25, 0.3) is 17.3 Å². The fourth-order valence-corrected chi connectivity index (χ4v) is 4.63. The Kier molecular flexibility index (Phi) is 5.18. The number of thiophene rings is 1. The van der Waals surface area contributed by atoms with Gasteiger partial charge in [0.25, 0.3) is 5.56 Å². The van der Waals surface area contributed by atoms with Gasteiger partial charge >= 0.3 is 0 Å². The highest BCUT2D eigenvalue weighted by Crippen LogP contribution is 2.16. The predicted octanol–water partition coefficient (Wildman–Crippen LogP) is 2.86. The number of para-hydroxylation sites is 1. The lowest BCUT2D eigenvalue weighted by Gasteiger charge is -2.08. The number of benzene rings is 1. The molecule has 6 heteroatoms. The zero-order valence-corrected chi connectivity index (χ0v) is 15.9. The summed E-state index contributed by atoms with van der Waals surface area (Å²) in [5.74, 6) is 0. The molecule has 2 aromatic heterocycles. The maximum atomic E-state index is 13.1. The van der Waals surface area contributed by atoms with Crippen molar-refractivity contribution in [1.82, 2.24) is 4.57 Å². The highest BCUT2D eigenvalue weighted by Gasteiger charge is 2.13. The summed E-state index contributed by atoms with van der Waals surface area (Å²) >= 11 is 2.74. The van der Waals surface area contributed by atoms with Gasteiger partial charge in [-0.15, -0.1) is 22.7 Å². The minimum absolute atomic E-state index is 0.0550. The fourth-order valence-electron chi connectivity index (χ4n) is 2.67. The van der Waals surface area contributed by atoms with Crippen molar-refractivity contribution in [2.75, 3.05) is 0 Å². The third kappa shape index (κ3) is 3.13. The quantitative estimate of drug-likeness (QED) is 0.705. The van der Waals surface area contributed by atoms with E-state index in [4.69, 9.17) is 0 Å². The zero-order valence-electron chi connectivity index (χ0n) is 14.3. The summed E-state index contributed by atoms with van der Waals surface area (Å²) in [6, 6.07) is 13.4. The van der Waals surface area contributed by atoms with Gasteiger partial charge in [-0.2, -0.15) is 10.5 Å². The lowest BCUT2D eigenvalue weighted by atomic mass is 10.1. The Labute approximate surface area is 158 Å². The predicted molar refractivity (Wildman–Crippen MR) is 106 cm³/mol. The molecule has 1 aromatic carbocycles. The third-order valence-electron chi connectivity index (χ3n) is 4.04. The Hall–Kier alpha value is -2.93. The molecule has 0 saturated heterocycles. The van der Waals surface area contributed by atoms with E-state index >= 15 is 0 Å². The Morgan fingerprint density at radius 2 is 1.96 bits per heavy atom. The van der Waals surface area contributed by atoms with Gasteiger partial charge in [0.1, 0.15) is 16.8 Å². The Morgan fingerprint density at radius 1 is 1.23 bits per heavy atom.